The predicted molar refractivity (Wildman–Crippen MR) is 60.5 cm³/mol. The first kappa shape index (κ1) is 15.6. The Balaban J connectivity index is 2.48. The average Bonchev–Trinajstić information content (AvgIpc) is 2.35. The van der Waals surface area contributed by atoms with Gasteiger partial charge in [0.25, 0.3) is 0 Å². The molecule has 1 aromatic heterocycles. The Morgan fingerprint density at radius 3 is 2.42 bits per heavy atom. The minimum atomic E-state index is -4.19. The van der Waals surface area contributed by atoms with Crippen molar-refractivity contribution in [1.29, 1.82) is 0 Å². The molecule has 0 saturated heterocycles. The number of halogens is 4. The largest absolute Gasteiger partial charge is 0.470 e. The molecule has 0 unspecified atom stereocenters. The lowest BCUT2D eigenvalue weighted by atomic mass is 10.3. The van der Waals surface area contributed by atoms with Gasteiger partial charge in [0.2, 0.25) is 5.88 Å². The molecule has 0 saturated carbocycles. The molecule has 0 aliphatic heterocycles. The van der Waals surface area contributed by atoms with Crippen molar-refractivity contribution in [1.82, 2.24) is 15.3 Å². The fourth-order valence-electron chi connectivity index (χ4n) is 1.05. The predicted octanol–water partition coefficient (Wildman–Crippen LogP) is 2.25. The first-order chi connectivity index (χ1) is 8.81. The standard InChI is InChI=1S/C11H15F4N3O/c1-7(2)16-3-8-4-18-9(5-17-8)19-6-11(14,15)10(12)13/h4-5,7,10,16H,3,6H2,1-2H3. The van der Waals surface area contributed by atoms with E-state index in [0.29, 0.717) is 12.2 Å². The molecule has 1 aromatic rings. The van der Waals surface area contributed by atoms with Gasteiger partial charge in [-0.05, 0) is 0 Å². The normalized spacial score (nSPS) is 12.2. The van der Waals surface area contributed by atoms with Crippen molar-refractivity contribution in [2.75, 3.05) is 6.61 Å². The zero-order valence-corrected chi connectivity index (χ0v) is 10.5. The fraction of sp³-hybridized carbons (Fsp3) is 0.636. The molecule has 4 nitrogen and oxygen atoms in total. The first-order valence-electron chi connectivity index (χ1n) is 5.64. The minimum Gasteiger partial charge on any atom is -0.470 e. The third-order valence-electron chi connectivity index (χ3n) is 2.10. The van der Waals surface area contributed by atoms with E-state index in [1.807, 2.05) is 13.8 Å². The number of hydrogen-bond acceptors (Lipinski definition) is 4. The number of aromatic nitrogens is 2. The molecule has 0 atom stereocenters. The average molecular weight is 281 g/mol. The van der Waals surface area contributed by atoms with Crippen LogP contribution in [0.3, 0.4) is 0 Å². The Kier molecular flexibility index (Phi) is 5.46. The Bertz CT molecular complexity index is 384. The van der Waals surface area contributed by atoms with Gasteiger partial charge in [-0.2, -0.15) is 8.78 Å². The van der Waals surface area contributed by atoms with Crippen LogP contribution in [-0.4, -0.2) is 35.0 Å². The van der Waals surface area contributed by atoms with Crippen LogP contribution in [0, 0.1) is 0 Å². The van der Waals surface area contributed by atoms with Crippen molar-refractivity contribution in [3.8, 4) is 5.88 Å². The molecule has 1 rings (SSSR count). The van der Waals surface area contributed by atoms with E-state index < -0.39 is 19.0 Å². The van der Waals surface area contributed by atoms with Gasteiger partial charge in [0.1, 0.15) is 0 Å². The molecule has 8 heteroatoms. The van der Waals surface area contributed by atoms with Crippen LogP contribution in [0.1, 0.15) is 19.5 Å². The number of rotatable bonds is 7. The lowest BCUT2D eigenvalue weighted by Gasteiger charge is -2.15. The second-order valence-corrected chi connectivity index (χ2v) is 4.23. The van der Waals surface area contributed by atoms with E-state index in [1.54, 1.807) is 0 Å². The number of alkyl halides is 4. The van der Waals surface area contributed by atoms with E-state index in [2.05, 4.69) is 20.0 Å². The van der Waals surface area contributed by atoms with E-state index in [1.165, 1.54) is 6.20 Å². The van der Waals surface area contributed by atoms with Crippen LogP contribution >= 0.6 is 0 Å². The van der Waals surface area contributed by atoms with E-state index in [-0.39, 0.29) is 11.9 Å². The smallest absolute Gasteiger partial charge is 0.340 e. The summed E-state index contributed by atoms with van der Waals surface area (Å²) in [6.45, 7) is 2.95. The number of nitrogens with zero attached hydrogens (tertiary/aromatic N) is 2. The summed E-state index contributed by atoms with van der Waals surface area (Å²) >= 11 is 0. The topological polar surface area (TPSA) is 47.0 Å². The summed E-state index contributed by atoms with van der Waals surface area (Å²) in [7, 11) is 0. The molecule has 0 radical (unpaired) electrons. The number of ether oxygens (including phenoxy) is 1. The summed E-state index contributed by atoms with van der Waals surface area (Å²) in [5.74, 6) is -4.41. The molecule has 0 fully saturated rings. The van der Waals surface area contributed by atoms with Crippen molar-refractivity contribution in [3.63, 3.8) is 0 Å². The highest BCUT2D eigenvalue weighted by Gasteiger charge is 2.41. The van der Waals surface area contributed by atoms with Crippen LogP contribution in [0.4, 0.5) is 17.6 Å². The minimum absolute atomic E-state index is 0.214. The Hall–Kier alpha value is -1.44. The third-order valence-corrected chi connectivity index (χ3v) is 2.10. The van der Waals surface area contributed by atoms with Gasteiger partial charge in [0.15, 0.2) is 6.61 Å². The quantitative estimate of drug-likeness (QED) is 0.779. The molecule has 0 bridgehead atoms. The summed E-state index contributed by atoms with van der Waals surface area (Å²) in [6.07, 6.45) is -1.31. The monoisotopic (exact) mass is 281 g/mol. The molecule has 0 aliphatic carbocycles. The van der Waals surface area contributed by atoms with Crippen molar-refractivity contribution in [2.45, 2.75) is 38.8 Å². The van der Waals surface area contributed by atoms with Gasteiger partial charge in [-0.25, -0.2) is 13.8 Å². The van der Waals surface area contributed by atoms with Crippen molar-refractivity contribution < 1.29 is 22.3 Å². The maximum Gasteiger partial charge on any atom is 0.340 e. The van der Waals surface area contributed by atoms with Gasteiger partial charge in [0, 0.05) is 12.6 Å². The maximum atomic E-state index is 12.6. The maximum absolute atomic E-state index is 12.6. The fourth-order valence-corrected chi connectivity index (χ4v) is 1.05. The molecule has 1 N–H and O–H groups in total. The highest BCUT2D eigenvalue weighted by molar-refractivity contribution is 5.07. The second-order valence-electron chi connectivity index (χ2n) is 4.23. The lowest BCUT2D eigenvalue weighted by Crippen LogP contribution is -2.33. The first-order valence-corrected chi connectivity index (χ1v) is 5.64. The van der Waals surface area contributed by atoms with Crippen molar-refractivity contribution >= 4 is 0 Å². The van der Waals surface area contributed by atoms with Crippen LogP contribution in [-0.2, 0) is 6.54 Å². The van der Waals surface area contributed by atoms with Crippen molar-refractivity contribution in [3.05, 3.63) is 18.1 Å². The van der Waals surface area contributed by atoms with Gasteiger partial charge in [0.05, 0.1) is 18.1 Å². The van der Waals surface area contributed by atoms with Crippen molar-refractivity contribution in [2.24, 2.45) is 0 Å². The zero-order valence-electron chi connectivity index (χ0n) is 10.5. The number of nitrogens with one attached hydrogen (secondary N) is 1. The summed E-state index contributed by atoms with van der Waals surface area (Å²) in [5.41, 5.74) is 0.599. The molecule has 108 valence electrons. The molecule has 0 aliphatic rings. The SMILES string of the molecule is CC(C)NCc1cnc(OCC(F)(F)C(F)F)cn1. The highest BCUT2D eigenvalue weighted by atomic mass is 19.3. The van der Waals surface area contributed by atoms with Crippen LogP contribution < -0.4 is 10.1 Å². The summed E-state index contributed by atoms with van der Waals surface area (Å²) in [5, 5.41) is 3.09. The number of hydrogen-bond donors (Lipinski definition) is 1. The summed E-state index contributed by atoms with van der Waals surface area (Å²) in [6, 6.07) is 0.266. The van der Waals surface area contributed by atoms with Crippen LogP contribution in [0.5, 0.6) is 5.88 Å². The third kappa shape index (κ3) is 5.37. The van der Waals surface area contributed by atoms with Crippen LogP contribution in [0.15, 0.2) is 12.4 Å². The molecule has 1 heterocycles. The molecular weight excluding hydrogens is 266 g/mol. The Labute approximate surface area is 108 Å². The van der Waals surface area contributed by atoms with Gasteiger partial charge in [-0.15, -0.1) is 0 Å². The lowest BCUT2D eigenvalue weighted by molar-refractivity contribution is -0.148. The molecule has 19 heavy (non-hydrogen) atoms. The highest BCUT2D eigenvalue weighted by Crippen LogP contribution is 2.23. The molecular formula is C11H15F4N3O. The Morgan fingerprint density at radius 2 is 1.95 bits per heavy atom. The van der Waals surface area contributed by atoms with Gasteiger partial charge in [-0.3, -0.25) is 4.98 Å². The van der Waals surface area contributed by atoms with Gasteiger partial charge in [-0.1, -0.05) is 13.8 Å². The van der Waals surface area contributed by atoms with E-state index >= 15 is 0 Å². The Morgan fingerprint density at radius 1 is 1.26 bits per heavy atom. The summed E-state index contributed by atoms with van der Waals surface area (Å²) in [4.78, 5) is 7.63. The van der Waals surface area contributed by atoms with E-state index in [9.17, 15) is 17.6 Å². The van der Waals surface area contributed by atoms with Gasteiger partial charge < -0.3 is 10.1 Å². The van der Waals surface area contributed by atoms with E-state index in [0.717, 1.165) is 6.20 Å². The molecule has 0 aromatic carbocycles. The summed E-state index contributed by atoms with van der Waals surface area (Å²) < 4.78 is 53.4. The van der Waals surface area contributed by atoms with Gasteiger partial charge >= 0.3 is 12.3 Å². The molecule has 0 amide bonds. The van der Waals surface area contributed by atoms with Crippen LogP contribution in [0.2, 0.25) is 0 Å². The molecule has 0 spiro atoms. The van der Waals surface area contributed by atoms with Crippen LogP contribution in [0.25, 0.3) is 0 Å². The second kappa shape index (κ2) is 6.65. The van der Waals surface area contributed by atoms with E-state index in [4.69, 9.17) is 0 Å². The zero-order chi connectivity index (χ0) is 14.5.